The highest BCUT2D eigenvalue weighted by molar-refractivity contribution is 7.99. The maximum Gasteiger partial charge on any atom is 0.329 e. The fourth-order valence-electron chi connectivity index (χ4n) is 8.13. The number of ether oxygens (including phenoxy) is 4. The molecule has 0 aromatic heterocycles. The molecule has 414 valence electrons. The summed E-state index contributed by atoms with van der Waals surface area (Å²) in [6, 6.07) is 5.21. The lowest BCUT2D eigenvalue weighted by Crippen LogP contribution is -2.44. The van der Waals surface area contributed by atoms with Gasteiger partial charge < -0.3 is 29.6 Å². The summed E-state index contributed by atoms with van der Waals surface area (Å²) in [5.41, 5.74) is -0.760. The van der Waals surface area contributed by atoms with Gasteiger partial charge in [-0.05, 0) is 85.1 Å². The van der Waals surface area contributed by atoms with Gasteiger partial charge in [-0.2, -0.15) is 11.8 Å². The molecular weight excluding hydrogens is 929 g/mol. The number of carbonyl (C=O) groups is 6. The molecule has 0 radical (unpaired) electrons. The minimum atomic E-state index is -1.09. The Morgan fingerprint density at radius 3 is 1.40 bits per heavy atom. The van der Waals surface area contributed by atoms with Crippen molar-refractivity contribution in [1.82, 2.24) is 5.32 Å². The quantitative estimate of drug-likeness (QED) is 0.0363. The second-order valence-corrected chi connectivity index (χ2v) is 23.0. The first-order valence-corrected chi connectivity index (χ1v) is 29.6. The predicted octanol–water partition coefficient (Wildman–Crippen LogP) is 15.0. The number of anilines is 1. The predicted molar refractivity (Wildman–Crippen MR) is 295 cm³/mol. The normalized spacial score (nSPS) is 12.9. The third-order valence-corrected chi connectivity index (χ3v) is 13.6. The lowest BCUT2D eigenvalue weighted by molar-refractivity contribution is -0.158. The molecule has 1 rings (SSSR count). The first-order valence-electron chi connectivity index (χ1n) is 28.4. The highest BCUT2D eigenvalue weighted by atomic mass is 32.2. The van der Waals surface area contributed by atoms with Crippen molar-refractivity contribution in [3.8, 4) is 0 Å². The van der Waals surface area contributed by atoms with Crippen LogP contribution in [0, 0.1) is 5.92 Å². The first-order chi connectivity index (χ1) is 34.3. The molecule has 0 saturated heterocycles. The Morgan fingerprint density at radius 1 is 0.528 bits per heavy atom. The van der Waals surface area contributed by atoms with Crippen LogP contribution in [0.5, 0.6) is 0 Å². The highest BCUT2D eigenvalue weighted by Gasteiger charge is 2.29. The van der Waals surface area contributed by atoms with Crippen LogP contribution in [0.2, 0.25) is 0 Å². The van der Waals surface area contributed by atoms with E-state index in [1.54, 1.807) is 65.8 Å². The molecule has 2 N–H and O–H groups in total. The van der Waals surface area contributed by atoms with Crippen molar-refractivity contribution in [2.75, 3.05) is 23.4 Å². The number of unbranched alkanes of at least 4 members (excludes halogenated alkanes) is 24. The largest absolute Gasteiger partial charge is 0.462 e. The Morgan fingerprint density at radius 2 is 0.958 bits per heavy atom. The fraction of sp³-hybridized carbons (Fsp3) is 0.797. The molecule has 2 amide bonds. The molecule has 0 aliphatic rings. The Labute approximate surface area is 441 Å². The van der Waals surface area contributed by atoms with Crippen LogP contribution >= 0.6 is 11.8 Å². The second kappa shape index (κ2) is 40.7. The molecule has 0 spiro atoms. The molecule has 0 aliphatic heterocycles. The molecule has 0 bridgehead atoms. The smallest absolute Gasteiger partial charge is 0.329 e. The number of esters is 4. The minimum Gasteiger partial charge on any atom is -0.462 e. The number of rotatable bonds is 43. The van der Waals surface area contributed by atoms with Crippen molar-refractivity contribution >= 4 is 53.1 Å². The van der Waals surface area contributed by atoms with Gasteiger partial charge in [0.05, 0.1) is 0 Å². The van der Waals surface area contributed by atoms with Gasteiger partial charge in [-0.3, -0.25) is 24.0 Å². The Kier molecular flexibility index (Phi) is 37.6. The summed E-state index contributed by atoms with van der Waals surface area (Å²) in [5.74, 6) is -2.11. The van der Waals surface area contributed by atoms with Crippen molar-refractivity contribution < 1.29 is 47.7 Å². The Hall–Kier alpha value is -3.61. The SMILES string of the molecule is CCCCCCCCCCCCCCCC(=O)OC[C@H](CSC[C@H](C)C(=O)Nc1ccc(C(=O)N[C@@H](CCC(=O)OC(C)(C)C)C(=O)OC(C)(C)C)cc1)OC(=O)CCCCCCCCCCCCCCC. The van der Waals surface area contributed by atoms with Crippen molar-refractivity contribution in [2.24, 2.45) is 5.92 Å². The molecule has 0 aliphatic carbocycles. The number of carbonyl (C=O) groups excluding carboxylic acids is 6. The van der Waals surface area contributed by atoms with Gasteiger partial charge in [0.25, 0.3) is 5.91 Å². The molecule has 0 unspecified atom stereocenters. The first kappa shape index (κ1) is 66.4. The van der Waals surface area contributed by atoms with Crippen LogP contribution < -0.4 is 10.6 Å². The van der Waals surface area contributed by atoms with Crippen LogP contribution in [0.1, 0.15) is 265 Å². The van der Waals surface area contributed by atoms with E-state index in [0.29, 0.717) is 30.0 Å². The van der Waals surface area contributed by atoms with Crippen LogP contribution in [0.25, 0.3) is 0 Å². The molecule has 0 fully saturated rings. The van der Waals surface area contributed by atoms with E-state index in [1.807, 2.05) is 6.92 Å². The van der Waals surface area contributed by atoms with E-state index in [0.717, 1.165) is 38.5 Å². The summed E-state index contributed by atoms with van der Waals surface area (Å²) in [6.07, 6.45) is 31.8. The van der Waals surface area contributed by atoms with Gasteiger partial charge in [-0.25, -0.2) is 4.79 Å². The molecule has 1 aromatic rings. The van der Waals surface area contributed by atoms with Crippen LogP contribution in [0.15, 0.2) is 24.3 Å². The molecular formula is C59H102N2O10S. The van der Waals surface area contributed by atoms with Crippen LogP contribution in [0.3, 0.4) is 0 Å². The number of amides is 2. The standard InChI is InChI=1S/C59H102N2O10S/c1-10-12-14-16-18-20-22-24-26-28-30-32-34-36-52(62)68-44-50(69-53(63)37-35-33-31-29-27-25-23-21-19-17-15-13-11-2)46-72-45-47(3)55(65)60-49-40-38-48(39-41-49)56(66)61-51(57(67)71-59(7,8)9)42-43-54(64)70-58(4,5)6/h38-41,47,50-51H,10-37,42-46H2,1-9H3,(H,60,65)(H,61,66)/t47-,50+,51-/m0/s1. The summed E-state index contributed by atoms with van der Waals surface area (Å²) in [6.45, 7) is 16.7. The van der Waals surface area contributed by atoms with Crippen molar-refractivity contribution in [2.45, 2.75) is 278 Å². The van der Waals surface area contributed by atoms with Gasteiger partial charge in [0, 0.05) is 47.9 Å². The van der Waals surface area contributed by atoms with E-state index in [9.17, 15) is 28.8 Å². The van der Waals surface area contributed by atoms with Crippen LogP contribution in [0.4, 0.5) is 5.69 Å². The third-order valence-electron chi connectivity index (χ3n) is 12.3. The van der Waals surface area contributed by atoms with E-state index in [2.05, 4.69) is 24.5 Å². The van der Waals surface area contributed by atoms with E-state index in [4.69, 9.17) is 18.9 Å². The maximum absolute atomic E-state index is 13.3. The zero-order valence-electron chi connectivity index (χ0n) is 46.9. The number of hydrogen-bond acceptors (Lipinski definition) is 11. The molecule has 13 heteroatoms. The summed E-state index contributed by atoms with van der Waals surface area (Å²) < 4.78 is 22.4. The topological polar surface area (TPSA) is 163 Å². The van der Waals surface area contributed by atoms with Crippen LogP contribution in [-0.4, -0.2) is 77.2 Å². The van der Waals surface area contributed by atoms with E-state index in [-0.39, 0.29) is 42.9 Å². The lowest BCUT2D eigenvalue weighted by atomic mass is 10.0. The Bertz CT molecular complexity index is 1620. The van der Waals surface area contributed by atoms with Crippen molar-refractivity contribution in [3.63, 3.8) is 0 Å². The molecule has 0 saturated carbocycles. The van der Waals surface area contributed by atoms with E-state index >= 15 is 0 Å². The molecule has 72 heavy (non-hydrogen) atoms. The number of hydrogen-bond donors (Lipinski definition) is 2. The van der Waals surface area contributed by atoms with Crippen LogP contribution in [-0.2, 0) is 42.9 Å². The average molecular weight is 1030 g/mol. The third kappa shape index (κ3) is 38.0. The van der Waals surface area contributed by atoms with Gasteiger partial charge in [0.1, 0.15) is 30.0 Å². The molecule has 12 nitrogen and oxygen atoms in total. The van der Waals surface area contributed by atoms with Crippen molar-refractivity contribution in [1.29, 1.82) is 0 Å². The van der Waals surface area contributed by atoms with E-state index in [1.165, 1.54) is 140 Å². The number of thioether (sulfide) groups is 1. The number of benzene rings is 1. The molecule has 3 atom stereocenters. The van der Waals surface area contributed by atoms with Crippen molar-refractivity contribution in [3.05, 3.63) is 29.8 Å². The minimum absolute atomic E-state index is 0.00696. The summed E-state index contributed by atoms with van der Waals surface area (Å²) in [7, 11) is 0. The molecule has 0 heterocycles. The van der Waals surface area contributed by atoms with Gasteiger partial charge in [-0.1, -0.05) is 175 Å². The monoisotopic (exact) mass is 1030 g/mol. The Balaban J connectivity index is 2.68. The maximum atomic E-state index is 13.3. The zero-order valence-corrected chi connectivity index (χ0v) is 47.7. The summed E-state index contributed by atoms with van der Waals surface area (Å²) in [5, 5.41) is 5.60. The second-order valence-electron chi connectivity index (χ2n) is 22.0. The van der Waals surface area contributed by atoms with Gasteiger partial charge in [0.2, 0.25) is 5.91 Å². The highest BCUT2D eigenvalue weighted by Crippen LogP contribution is 2.20. The number of nitrogens with one attached hydrogen (secondary N) is 2. The summed E-state index contributed by atoms with van der Waals surface area (Å²) in [4.78, 5) is 77.8. The molecule has 1 aromatic carbocycles. The van der Waals surface area contributed by atoms with Gasteiger partial charge in [0.15, 0.2) is 0 Å². The zero-order chi connectivity index (χ0) is 53.5. The summed E-state index contributed by atoms with van der Waals surface area (Å²) >= 11 is 1.46. The van der Waals surface area contributed by atoms with Gasteiger partial charge >= 0.3 is 23.9 Å². The fourth-order valence-corrected chi connectivity index (χ4v) is 9.20. The lowest BCUT2D eigenvalue weighted by Gasteiger charge is -2.25. The van der Waals surface area contributed by atoms with Gasteiger partial charge in [-0.15, -0.1) is 0 Å². The van der Waals surface area contributed by atoms with E-state index < -0.39 is 47.1 Å². The average Bonchev–Trinajstić information content (AvgIpc) is 3.31.